The van der Waals surface area contributed by atoms with Crippen molar-refractivity contribution in [3.63, 3.8) is 0 Å². The lowest BCUT2D eigenvalue weighted by Gasteiger charge is -2.08. The topological polar surface area (TPSA) is 59.1 Å². The minimum absolute atomic E-state index is 0.0528. The van der Waals surface area contributed by atoms with E-state index in [0.717, 1.165) is 11.3 Å². The number of aromatic nitrogens is 1. The quantitative estimate of drug-likeness (QED) is 0.675. The predicted octanol–water partition coefficient (Wildman–Crippen LogP) is 4.92. The van der Waals surface area contributed by atoms with E-state index < -0.39 is 0 Å². The summed E-state index contributed by atoms with van der Waals surface area (Å²) in [6.45, 7) is 1.48. The van der Waals surface area contributed by atoms with Crippen molar-refractivity contribution >= 4 is 40.3 Å². The van der Waals surface area contributed by atoms with Crippen LogP contribution in [0.25, 0.3) is 11.3 Å². The Hall–Kier alpha value is -2.50. The Morgan fingerprint density at radius 1 is 1.08 bits per heavy atom. The number of thiophene rings is 1. The van der Waals surface area contributed by atoms with Crippen molar-refractivity contribution < 1.29 is 9.59 Å². The van der Waals surface area contributed by atoms with E-state index in [2.05, 4.69) is 10.3 Å². The van der Waals surface area contributed by atoms with Crippen LogP contribution in [0.5, 0.6) is 0 Å². The van der Waals surface area contributed by atoms with Gasteiger partial charge in [-0.1, -0.05) is 17.7 Å². The minimum atomic E-state index is -0.262. The summed E-state index contributed by atoms with van der Waals surface area (Å²) in [6, 6.07) is 14.1. The Balaban J connectivity index is 1.85. The van der Waals surface area contributed by atoms with Crippen molar-refractivity contribution in [2.75, 3.05) is 5.32 Å². The molecule has 0 unspecified atom stereocenters. The van der Waals surface area contributed by atoms with Gasteiger partial charge < -0.3 is 5.32 Å². The third-order valence-electron chi connectivity index (χ3n) is 3.34. The molecule has 0 spiro atoms. The molecule has 1 aromatic carbocycles. The van der Waals surface area contributed by atoms with Crippen molar-refractivity contribution in [3.05, 3.63) is 69.5 Å². The van der Waals surface area contributed by atoms with E-state index in [9.17, 15) is 9.59 Å². The van der Waals surface area contributed by atoms with Gasteiger partial charge in [0, 0.05) is 17.4 Å². The molecule has 0 radical (unpaired) electrons. The van der Waals surface area contributed by atoms with Gasteiger partial charge in [0.05, 0.1) is 20.5 Å². The number of carbonyl (C=O) groups is 2. The highest BCUT2D eigenvalue weighted by Gasteiger charge is 2.13. The van der Waals surface area contributed by atoms with Crippen LogP contribution in [0.4, 0.5) is 5.69 Å². The average Bonchev–Trinajstić information content (AvgIpc) is 3.08. The molecule has 0 fully saturated rings. The second-order valence-electron chi connectivity index (χ2n) is 5.08. The van der Waals surface area contributed by atoms with Crippen molar-refractivity contribution in [3.8, 4) is 11.3 Å². The third-order valence-corrected chi connectivity index (χ3v) is 4.86. The van der Waals surface area contributed by atoms with Crippen molar-refractivity contribution in [1.29, 1.82) is 0 Å². The lowest BCUT2D eigenvalue weighted by molar-refractivity contribution is 0.101. The second-order valence-corrected chi connectivity index (χ2v) is 6.57. The molecule has 0 atom stereocenters. The Morgan fingerprint density at radius 3 is 2.54 bits per heavy atom. The lowest BCUT2D eigenvalue weighted by Crippen LogP contribution is -2.10. The molecular formula is C18H13ClN2O2S. The van der Waals surface area contributed by atoms with Gasteiger partial charge in [-0.25, -0.2) is 0 Å². The first-order valence-electron chi connectivity index (χ1n) is 7.17. The van der Waals surface area contributed by atoms with Gasteiger partial charge in [0.25, 0.3) is 5.91 Å². The molecule has 2 heterocycles. The summed E-state index contributed by atoms with van der Waals surface area (Å²) in [5.41, 5.74) is 2.09. The largest absolute Gasteiger partial charge is 0.321 e. The maximum Gasteiger partial charge on any atom is 0.265 e. The summed E-state index contributed by atoms with van der Waals surface area (Å²) in [4.78, 5) is 29.0. The maximum atomic E-state index is 12.3. The standard InChI is InChI=1S/C18H13ClN2O2S/c1-11(22)16-7-8-17(24-16)18(23)21-12-5-6-14(19)13(10-12)15-4-2-3-9-20-15/h2-10H,1H3,(H,21,23). The summed E-state index contributed by atoms with van der Waals surface area (Å²) in [5, 5.41) is 3.38. The summed E-state index contributed by atoms with van der Waals surface area (Å²) in [5.74, 6) is -0.315. The summed E-state index contributed by atoms with van der Waals surface area (Å²) in [6.07, 6.45) is 1.69. The number of pyridine rings is 1. The van der Waals surface area contributed by atoms with Crippen LogP contribution in [-0.4, -0.2) is 16.7 Å². The third kappa shape index (κ3) is 3.53. The SMILES string of the molecule is CC(=O)c1ccc(C(=O)Nc2ccc(Cl)c(-c3ccccn3)c2)s1. The number of nitrogens with one attached hydrogen (secondary N) is 1. The maximum absolute atomic E-state index is 12.3. The molecule has 0 bridgehead atoms. The van der Waals surface area contributed by atoms with Crippen molar-refractivity contribution in [1.82, 2.24) is 4.98 Å². The highest BCUT2D eigenvalue weighted by Crippen LogP contribution is 2.29. The van der Waals surface area contributed by atoms with Crippen molar-refractivity contribution in [2.45, 2.75) is 6.92 Å². The first-order valence-corrected chi connectivity index (χ1v) is 8.37. The first-order chi connectivity index (χ1) is 11.5. The number of rotatable bonds is 4. The number of hydrogen-bond acceptors (Lipinski definition) is 4. The average molecular weight is 357 g/mol. The molecule has 0 aliphatic heterocycles. The molecule has 2 aromatic heterocycles. The molecule has 1 N–H and O–H groups in total. The Morgan fingerprint density at radius 2 is 1.88 bits per heavy atom. The van der Waals surface area contributed by atoms with Crippen LogP contribution in [0.15, 0.2) is 54.7 Å². The van der Waals surface area contributed by atoms with Crippen LogP contribution < -0.4 is 5.32 Å². The fourth-order valence-corrected chi connectivity index (χ4v) is 3.17. The lowest BCUT2D eigenvalue weighted by atomic mass is 10.1. The van der Waals surface area contributed by atoms with Gasteiger partial charge in [-0.05, 0) is 49.4 Å². The van der Waals surface area contributed by atoms with Crippen LogP contribution in [0.2, 0.25) is 5.02 Å². The van der Waals surface area contributed by atoms with Crippen LogP contribution in [0.3, 0.4) is 0 Å². The van der Waals surface area contributed by atoms with Gasteiger partial charge in [-0.15, -0.1) is 11.3 Å². The van der Waals surface area contributed by atoms with Crippen LogP contribution >= 0.6 is 22.9 Å². The molecule has 0 aliphatic carbocycles. The number of benzene rings is 1. The number of halogens is 1. The van der Waals surface area contributed by atoms with Crippen LogP contribution in [0, 0.1) is 0 Å². The van der Waals surface area contributed by atoms with E-state index in [1.807, 2.05) is 18.2 Å². The molecule has 0 saturated heterocycles. The normalized spacial score (nSPS) is 10.4. The zero-order valence-electron chi connectivity index (χ0n) is 12.7. The number of carbonyl (C=O) groups excluding carboxylic acids is 2. The molecule has 6 heteroatoms. The minimum Gasteiger partial charge on any atom is -0.321 e. The first kappa shape index (κ1) is 16.4. The smallest absolute Gasteiger partial charge is 0.265 e. The molecule has 0 aliphatic rings. The van der Waals surface area contributed by atoms with E-state index in [4.69, 9.17) is 11.6 Å². The summed E-state index contributed by atoms with van der Waals surface area (Å²) in [7, 11) is 0. The molecule has 1 amide bonds. The van der Waals surface area contributed by atoms with Crippen molar-refractivity contribution in [2.24, 2.45) is 0 Å². The molecule has 24 heavy (non-hydrogen) atoms. The van der Waals surface area contributed by atoms with Gasteiger partial charge >= 0.3 is 0 Å². The molecule has 120 valence electrons. The van der Waals surface area contributed by atoms with Gasteiger partial charge in [0.1, 0.15) is 0 Å². The summed E-state index contributed by atoms with van der Waals surface area (Å²) < 4.78 is 0. The van der Waals surface area contributed by atoms with Gasteiger partial charge in [0.2, 0.25) is 0 Å². The second kappa shape index (κ2) is 6.95. The molecular weight excluding hydrogens is 344 g/mol. The highest BCUT2D eigenvalue weighted by molar-refractivity contribution is 7.16. The zero-order chi connectivity index (χ0) is 17.1. The number of nitrogens with zero attached hydrogens (tertiary/aromatic N) is 1. The molecule has 3 rings (SSSR count). The molecule has 0 saturated carbocycles. The van der Waals surface area contributed by atoms with E-state index in [1.165, 1.54) is 18.3 Å². The summed E-state index contributed by atoms with van der Waals surface area (Å²) >= 11 is 7.41. The fourth-order valence-electron chi connectivity index (χ4n) is 2.16. The number of Topliss-reactive ketones (excluding diaryl/α,β-unsaturated/α-hetero) is 1. The number of amides is 1. The van der Waals surface area contributed by atoms with Crippen LogP contribution in [0.1, 0.15) is 26.3 Å². The number of hydrogen-bond donors (Lipinski definition) is 1. The molecule has 3 aromatic rings. The zero-order valence-corrected chi connectivity index (χ0v) is 14.3. The van der Waals surface area contributed by atoms with Gasteiger partial charge in [0.15, 0.2) is 5.78 Å². The Labute approximate surface area is 148 Å². The fraction of sp³-hybridized carbons (Fsp3) is 0.0556. The molecule has 4 nitrogen and oxygen atoms in total. The van der Waals surface area contributed by atoms with E-state index >= 15 is 0 Å². The predicted molar refractivity (Wildman–Crippen MR) is 97.0 cm³/mol. The highest BCUT2D eigenvalue weighted by atomic mass is 35.5. The van der Waals surface area contributed by atoms with Crippen LogP contribution in [-0.2, 0) is 0 Å². The van der Waals surface area contributed by atoms with Gasteiger partial charge in [-0.2, -0.15) is 0 Å². The Bertz CT molecular complexity index is 906. The Kier molecular flexibility index (Phi) is 4.74. The number of ketones is 1. The number of anilines is 1. The van der Waals surface area contributed by atoms with E-state index in [-0.39, 0.29) is 11.7 Å². The van der Waals surface area contributed by atoms with Gasteiger partial charge in [-0.3, -0.25) is 14.6 Å². The van der Waals surface area contributed by atoms with E-state index in [0.29, 0.717) is 20.5 Å². The monoisotopic (exact) mass is 356 g/mol. The van der Waals surface area contributed by atoms with E-state index in [1.54, 1.807) is 36.5 Å².